The Kier molecular flexibility index (Phi) is 4.82. The summed E-state index contributed by atoms with van der Waals surface area (Å²) in [5.74, 6) is -0.538. The van der Waals surface area contributed by atoms with Crippen LogP contribution in [-0.4, -0.2) is 63.5 Å². The lowest BCUT2D eigenvalue weighted by molar-refractivity contribution is -0.202. The van der Waals surface area contributed by atoms with Crippen LogP contribution in [0.4, 0.5) is 18.0 Å². The summed E-state index contributed by atoms with van der Waals surface area (Å²) < 4.78 is 39.5. The lowest BCUT2D eigenvalue weighted by atomic mass is 9.49. The Balaban J connectivity index is 1.85. The van der Waals surface area contributed by atoms with E-state index < -0.39 is 47.3 Å². The van der Waals surface area contributed by atoms with Crippen molar-refractivity contribution in [2.45, 2.75) is 68.3 Å². The molecule has 3 aliphatic rings. The molecule has 1 spiro atoms. The maximum atomic E-state index is 13.2. The number of hydrogen-bond acceptors (Lipinski definition) is 5. The Labute approximate surface area is 177 Å². The molecule has 0 unspecified atom stereocenters. The number of amides is 3. The Bertz CT molecular complexity index is 939. The normalized spacial score (nSPS) is 36.3. The van der Waals surface area contributed by atoms with Gasteiger partial charge in [0.15, 0.2) is 0 Å². The Morgan fingerprint density at radius 3 is 2.55 bits per heavy atom. The minimum absolute atomic E-state index is 0.0192. The number of hydrogen-bond donors (Lipinski definition) is 4. The molecule has 3 fully saturated rings. The van der Waals surface area contributed by atoms with Gasteiger partial charge >= 0.3 is 12.2 Å². The fraction of sp³-hybridized carbons (Fsp3) is 0.619. The first kappa shape index (κ1) is 21.9. The summed E-state index contributed by atoms with van der Waals surface area (Å²) in [7, 11) is 0. The van der Waals surface area contributed by atoms with Gasteiger partial charge < -0.3 is 15.5 Å². The highest BCUT2D eigenvalue weighted by Crippen LogP contribution is 2.58. The number of rotatable bonds is 2. The Morgan fingerprint density at radius 2 is 1.94 bits per heavy atom. The number of piperidine rings is 1. The van der Waals surface area contributed by atoms with Gasteiger partial charge in [-0.05, 0) is 69.3 Å². The summed E-state index contributed by atoms with van der Waals surface area (Å²) in [6.45, 7) is 2.27. The van der Waals surface area contributed by atoms with Gasteiger partial charge in [-0.3, -0.25) is 15.0 Å². The molecule has 3 amide bonds. The van der Waals surface area contributed by atoms with E-state index in [9.17, 15) is 33.0 Å². The van der Waals surface area contributed by atoms with Crippen LogP contribution in [0.1, 0.15) is 43.7 Å². The van der Waals surface area contributed by atoms with Crippen molar-refractivity contribution in [1.29, 1.82) is 0 Å². The molecule has 2 aliphatic heterocycles. The molecule has 10 heteroatoms. The number of alkyl halides is 3. The van der Waals surface area contributed by atoms with Gasteiger partial charge in [-0.1, -0.05) is 6.07 Å². The summed E-state index contributed by atoms with van der Waals surface area (Å²) in [6, 6.07) is 3.21. The molecule has 4 N–H and O–H groups in total. The fourth-order valence-corrected chi connectivity index (χ4v) is 6.01. The first-order chi connectivity index (χ1) is 14.3. The van der Waals surface area contributed by atoms with Crippen LogP contribution in [-0.2, 0) is 10.2 Å². The third-order valence-corrected chi connectivity index (χ3v) is 7.56. The molecule has 1 aromatic carbocycles. The van der Waals surface area contributed by atoms with Crippen molar-refractivity contribution in [3.63, 3.8) is 0 Å². The van der Waals surface area contributed by atoms with Crippen molar-refractivity contribution in [2.24, 2.45) is 0 Å². The van der Waals surface area contributed by atoms with Gasteiger partial charge in [0, 0.05) is 11.5 Å². The molecule has 2 heterocycles. The number of urea groups is 1. The maximum absolute atomic E-state index is 13.2. The number of imide groups is 1. The molecule has 2 saturated heterocycles. The predicted octanol–water partition coefficient (Wildman–Crippen LogP) is 2.09. The van der Waals surface area contributed by atoms with Crippen molar-refractivity contribution in [3.05, 3.63) is 29.3 Å². The van der Waals surface area contributed by atoms with E-state index in [0.29, 0.717) is 5.56 Å². The third kappa shape index (κ3) is 3.27. The van der Waals surface area contributed by atoms with Crippen molar-refractivity contribution >= 4 is 11.9 Å². The van der Waals surface area contributed by atoms with Gasteiger partial charge in [0.05, 0.1) is 12.1 Å². The van der Waals surface area contributed by atoms with Crippen molar-refractivity contribution in [2.75, 3.05) is 13.1 Å². The van der Waals surface area contributed by atoms with E-state index in [4.69, 9.17) is 0 Å². The van der Waals surface area contributed by atoms with Gasteiger partial charge in [-0.15, -0.1) is 0 Å². The summed E-state index contributed by atoms with van der Waals surface area (Å²) in [5, 5.41) is 27.1. The zero-order valence-electron chi connectivity index (χ0n) is 17.3. The molecule has 1 saturated carbocycles. The van der Waals surface area contributed by atoms with Crippen LogP contribution in [0.3, 0.4) is 0 Å². The van der Waals surface area contributed by atoms with E-state index in [-0.39, 0.29) is 38.0 Å². The monoisotopic (exact) mass is 441 g/mol. The second-order valence-corrected chi connectivity index (χ2v) is 9.18. The quantitative estimate of drug-likeness (QED) is 0.527. The summed E-state index contributed by atoms with van der Waals surface area (Å²) in [5.41, 5.74) is -2.66. The molecular weight excluding hydrogens is 415 g/mol. The number of phenols is 1. The molecular formula is C21H26F3N3O4. The molecule has 4 rings (SSSR count). The number of likely N-dealkylation sites (tertiary alicyclic amines) is 1. The van der Waals surface area contributed by atoms with E-state index in [1.54, 1.807) is 19.9 Å². The van der Waals surface area contributed by atoms with Crippen LogP contribution in [0.25, 0.3) is 0 Å². The summed E-state index contributed by atoms with van der Waals surface area (Å²) in [4.78, 5) is 25.9. The molecule has 1 aromatic rings. The first-order valence-corrected chi connectivity index (χ1v) is 10.3. The molecule has 0 bridgehead atoms. The van der Waals surface area contributed by atoms with E-state index in [1.807, 2.05) is 0 Å². The van der Waals surface area contributed by atoms with Crippen molar-refractivity contribution in [1.82, 2.24) is 15.5 Å². The Morgan fingerprint density at radius 1 is 1.23 bits per heavy atom. The number of aliphatic hydroxyl groups is 1. The smallest absolute Gasteiger partial charge is 0.401 e. The largest absolute Gasteiger partial charge is 0.508 e. The maximum Gasteiger partial charge on any atom is 0.401 e. The summed E-state index contributed by atoms with van der Waals surface area (Å²) in [6.07, 6.45) is -4.13. The number of carbonyl (C=O) groups is 2. The molecule has 7 nitrogen and oxygen atoms in total. The lowest BCUT2D eigenvalue weighted by Gasteiger charge is -2.62. The highest BCUT2D eigenvalue weighted by molar-refractivity contribution is 6.07. The highest BCUT2D eigenvalue weighted by atomic mass is 19.4. The van der Waals surface area contributed by atoms with E-state index in [2.05, 4.69) is 10.6 Å². The predicted molar refractivity (Wildman–Crippen MR) is 104 cm³/mol. The zero-order chi connectivity index (χ0) is 22.8. The topological polar surface area (TPSA) is 102 Å². The lowest BCUT2D eigenvalue weighted by Crippen LogP contribution is -2.74. The SMILES string of the molecule is Cc1ccc(O)cc1[C@]12CCN(CC(F)(F)F)[C@H](C)[C@]1(O)CC[C@@]1(C2)NC(=O)NC1=O. The third-order valence-electron chi connectivity index (χ3n) is 7.56. The number of nitrogens with one attached hydrogen (secondary N) is 2. The van der Waals surface area contributed by atoms with E-state index in [1.165, 1.54) is 17.0 Å². The van der Waals surface area contributed by atoms with Crippen LogP contribution >= 0.6 is 0 Å². The van der Waals surface area contributed by atoms with Crippen LogP contribution in [0.2, 0.25) is 0 Å². The zero-order valence-corrected chi connectivity index (χ0v) is 17.3. The number of phenolic OH excluding ortho intramolecular Hbond substituents is 1. The minimum atomic E-state index is -4.42. The average molecular weight is 441 g/mol. The van der Waals surface area contributed by atoms with Gasteiger partial charge in [0.2, 0.25) is 0 Å². The van der Waals surface area contributed by atoms with Gasteiger partial charge in [-0.2, -0.15) is 13.2 Å². The molecule has 0 radical (unpaired) electrons. The second kappa shape index (κ2) is 6.83. The second-order valence-electron chi connectivity index (χ2n) is 9.18. The fourth-order valence-electron chi connectivity index (χ4n) is 6.01. The standard InChI is InChI=1S/C21H26F3N3O4/c1-12-3-4-14(28)9-15(12)18-7-8-27(11-21(22,23)24)13(2)20(18,31)6-5-19(10-18)16(29)25-17(30)26-19/h3-4,9,13,28,31H,5-8,10-11H2,1-2H3,(H2,25,26,29,30)/t13-,18-,19+,20-/m1/s1. The highest BCUT2D eigenvalue weighted by Gasteiger charge is 2.67. The summed E-state index contributed by atoms with van der Waals surface area (Å²) >= 11 is 0. The average Bonchev–Trinajstić information content (AvgIpc) is 2.94. The molecule has 1 aliphatic carbocycles. The van der Waals surface area contributed by atoms with Gasteiger partial charge in [0.25, 0.3) is 5.91 Å². The number of aryl methyl sites for hydroxylation is 1. The number of nitrogens with zero attached hydrogens (tertiary/aromatic N) is 1. The number of halogens is 3. The van der Waals surface area contributed by atoms with Crippen molar-refractivity contribution in [3.8, 4) is 5.75 Å². The van der Waals surface area contributed by atoms with Crippen molar-refractivity contribution < 1.29 is 33.0 Å². The number of fused-ring (bicyclic) bond motifs is 1. The minimum Gasteiger partial charge on any atom is -0.508 e. The molecule has 170 valence electrons. The number of benzene rings is 1. The van der Waals surface area contributed by atoms with Crippen LogP contribution in [0.5, 0.6) is 5.75 Å². The van der Waals surface area contributed by atoms with Crippen LogP contribution in [0, 0.1) is 6.92 Å². The van der Waals surface area contributed by atoms with Crippen LogP contribution in [0.15, 0.2) is 18.2 Å². The first-order valence-electron chi connectivity index (χ1n) is 10.3. The molecule has 4 atom stereocenters. The number of aromatic hydroxyl groups is 1. The molecule has 0 aromatic heterocycles. The molecule has 31 heavy (non-hydrogen) atoms. The van der Waals surface area contributed by atoms with E-state index in [0.717, 1.165) is 5.56 Å². The van der Waals surface area contributed by atoms with Gasteiger partial charge in [-0.25, -0.2) is 4.79 Å². The number of carbonyl (C=O) groups excluding carboxylic acids is 2. The van der Waals surface area contributed by atoms with Gasteiger partial charge in [0.1, 0.15) is 11.3 Å². The van der Waals surface area contributed by atoms with Crippen LogP contribution < -0.4 is 10.6 Å². The Hall–Kier alpha value is -2.33. The van der Waals surface area contributed by atoms with E-state index >= 15 is 0 Å².